The Bertz CT molecular complexity index is 485. The Morgan fingerprint density at radius 2 is 2.05 bits per heavy atom. The Labute approximate surface area is 125 Å². The number of aryl methyl sites for hydroxylation is 1. The Balaban J connectivity index is 1.79. The van der Waals surface area contributed by atoms with Gasteiger partial charge in [0.15, 0.2) is 0 Å². The van der Waals surface area contributed by atoms with Crippen LogP contribution in [0, 0.1) is 19.8 Å². The third kappa shape index (κ3) is 4.14. The molecule has 2 heterocycles. The van der Waals surface area contributed by atoms with E-state index in [0.717, 1.165) is 37.2 Å². The van der Waals surface area contributed by atoms with Crippen LogP contribution >= 0.6 is 0 Å². The lowest BCUT2D eigenvalue weighted by atomic mass is 9.98. The number of aromatic nitrogens is 2. The van der Waals surface area contributed by atoms with Crippen molar-refractivity contribution in [1.82, 2.24) is 14.9 Å². The average Bonchev–Trinajstić information content (AvgIpc) is 2.49. The number of hydrogen-bond donors (Lipinski definition) is 0. The molecule has 1 aromatic rings. The van der Waals surface area contributed by atoms with Gasteiger partial charge in [-0.3, -0.25) is 4.79 Å². The first-order chi connectivity index (χ1) is 10.1. The highest BCUT2D eigenvalue weighted by Crippen LogP contribution is 2.21. The monoisotopic (exact) mass is 293 g/mol. The second-order valence-electron chi connectivity index (χ2n) is 5.46. The Morgan fingerprint density at radius 3 is 2.71 bits per heavy atom. The number of likely N-dealkylation sites (tertiary alicyclic amines) is 1. The largest absolute Gasteiger partial charge is 0.477 e. The topological polar surface area (TPSA) is 64.5 Å². The predicted octanol–water partition coefficient (Wildman–Crippen LogP) is 1.36. The molecule has 0 aromatic carbocycles. The lowest BCUT2D eigenvalue weighted by molar-refractivity contribution is -0.136. The summed E-state index contributed by atoms with van der Waals surface area (Å²) in [6.45, 7) is 6.28. The molecule has 2 rings (SSSR count). The maximum atomic E-state index is 11.7. The number of methoxy groups -OCH3 is 1. The molecule has 0 radical (unpaired) electrons. The van der Waals surface area contributed by atoms with Crippen LogP contribution in [0.4, 0.5) is 0 Å². The molecule has 0 saturated carbocycles. The van der Waals surface area contributed by atoms with Crippen LogP contribution in [0.3, 0.4) is 0 Å². The number of amides is 1. The van der Waals surface area contributed by atoms with E-state index in [9.17, 15) is 4.79 Å². The fourth-order valence-electron chi connectivity index (χ4n) is 2.42. The van der Waals surface area contributed by atoms with Crippen molar-refractivity contribution in [3.05, 3.63) is 17.6 Å². The Kier molecular flexibility index (Phi) is 5.50. The van der Waals surface area contributed by atoms with Gasteiger partial charge in [-0.2, -0.15) is 0 Å². The summed E-state index contributed by atoms with van der Waals surface area (Å²) in [7, 11) is 1.55. The lowest BCUT2D eigenvalue weighted by Gasteiger charge is -2.31. The molecule has 21 heavy (non-hydrogen) atoms. The van der Waals surface area contributed by atoms with Crippen LogP contribution in [0.15, 0.2) is 6.33 Å². The number of ether oxygens (including phenoxy) is 2. The summed E-state index contributed by atoms with van der Waals surface area (Å²) in [6.07, 6.45) is 3.45. The molecular formula is C15H23N3O3. The van der Waals surface area contributed by atoms with E-state index in [1.165, 1.54) is 6.33 Å². The van der Waals surface area contributed by atoms with Crippen LogP contribution in [-0.4, -0.2) is 54.2 Å². The first kappa shape index (κ1) is 15.7. The Hall–Kier alpha value is -1.69. The van der Waals surface area contributed by atoms with E-state index in [2.05, 4.69) is 9.97 Å². The highest BCUT2D eigenvalue weighted by atomic mass is 16.5. The van der Waals surface area contributed by atoms with Crippen LogP contribution in [0.5, 0.6) is 5.88 Å². The van der Waals surface area contributed by atoms with E-state index >= 15 is 0 Å². The minimum absolute atomic E-state index is 0.0686. The van der Waals surface area contributed by atoms with Crippen LogP contribution in [-0.2, 0) is 9.53 Å². The van der Waals surface area contributed by atoms with E-state index < -0.39 is 0 Å². The molecule has 0 N–H and O–H groups in total. The minimum atomic E-state index is 0.0686. The van der Waals surface area contributed by atoms with Crippen LogP contribution in [0.2, 0.25) is 0 Å². The van der Waals surface area contributed by atoms with Crippen molar-refractivity contribution < 1.29 is 14.3 Å². The highest BCUT2D eigenvalue weighted by molar-refractivity contribution is 5.77. The molecular weight excluding hydrogens is 270 g/mol. The zero-order chi connectivity index (χ0) is 15.2. The zero-order valence-corrected chi connectivity index (χ0v) is 13.0. The van der Waals surface area contributed by atoms with Crippen molar-refractivity contribution in [2.45, 2.75) is 26.7 Å². The normalized spacial score (nSPS) is 16.0. The van der Waals surface area contributed by atoms with Gasteiger partial charge in [-0.25, -0.2) is 9.97 Å². The number of hydrogen-bond acceptors (Lipinski definition) is 5. The molecule has 6 heteroatoms. The zero-order valence-electron chi connectivity index (χ0n) is 13.0. The molecule has 1 fully saturated rings. The molecule has 1 amide bonds. The maximum Gasteiger partial charge on any atom is 0.248 e. The summed E-state index contributed by atoms with van der Waals surface area (Å²) in [5, 5.41) is 0. The third-order valence-electron chi connectivity index (χ3n) is 3.98. The van der Waals surface area contributed by atoms with Crippen molar-refractivity contribution in [3.8, 4) is 5.88 Å². The quantitative estimate of drug-likeness (QED) is 0.820. The molecule has 116 valence electrons. The van der Waals surface area contributed by atoms with Gasteiger partial charge in [-0.1, -0.05) is 0 Å². The third-order valence-corrected chi connectivity index (χ3v) is 3.98. The molecule has 6 nitrogen and oxygen atoms in total. The SMILES string of the molecule is COCC(=O)N1CCC(COc2ncnc(C)c2C)CC1. The van der Waals surface area contributed by atoms with E-state index in [1.54, 1.807) is 7.11 Å². The molecule has 0 aliphatic carbocycles. The molecule has 1 aliphatic heterocycles. The highest BCUT2D eigenvalue weighted by Gasteiger charge is 2.23. The minimum Gasteiger partial charge on any atom is -0.477 e. The van der Waals surface area contributed by atoms with Gasteiger partial charge in [0, 0.05) is 31.5 Å². The maximum absolute atomic E-state index is 11.7. The Morgan fingerprint density at radius 1 is 1.33 bits per heavy atom. The summed E-state index contributed by atoms with van der Waals surface area (Å²) in [5.74, 6) is 1.20. The van der Waals surface area contributed by atoms with E-state index in [0.29, 0.717) is 18.4 Å². The van der Waals surface area contributed by atoms with Gasteiger partial charge < -0.3 is 14.4 Å². The second kappa shape index (κ2) is 7.36. The average molecular weight is 293 g/mol. The molecule has 0 unspecified atom stereocenters. The smallest absolute Gasteiger partial charge is 0.248 e. The molecule has 1 saturated heterocycles. The molecule has 1 aromatic heterocycles. The standard InChI is InChI=1S/C15H23N3O3/c1-11-12(2)16-10-17-15(11)21-8-13-4-6-18(7-5-13)14(19)9-20-3/h10,13H,4-9H2,1-3H3. The summed E-state index contributed by atoms with van der Waals surface area (Å²) >= 11 is 0. The molecule has 0 bridgehead atoms. The number of piperidine rings is 1. The van der Waals surface area contributed by atoms with Gasteiger partial charge in [0.2, 0.25) is 11.8 Å². The van der Waals surface area contributed by atoms with E-state index in [-0.39, 0.29) is 12.5 Å². The van der Waals surface area contributed by atoms with Crippen LogP contribution in [0.25, 0.3) is 0 Å². The van der Waals surface area contributed by atoms with Crippen molar-refractivity contribution in [2.24, 2.45) is 5.92 Å². The van der Waals surface area contributed by atoms with Gasteiger partial charge in [-0.05, 0) is 32.6 Å². The van der Waals surface area contributed by atoms with Gasteiger partial charge in [0.05, 0.1) is 6.61 Å². The van der Waals surface area contributed by atoms with Crippen molar-refractivity contribution in [3.63, 3.8) is 0 Å². The fourth-order valence-corrected chi connectivity index (χ4v) is 2.42. The summed E-state index contributed by atoms with van der Waals surface area (Å²) in [5.41, 5.74) is 1.94. The van der Waals surface area contributed by atoms with Crippen molar-refractivity contribution >= 4 is 5.91 Å². The number of carbonyl (C=O) groups excluding carboxylic acids is 1. The summed E-state index contributed by atoms with van der Waals surface area (Å²) < 4.78 is 10.7. The summed E-state index contributed by atoms with van der Waals surface area (Å²) in [4.78, 5) is 21.9. The number of carbonyl (C=O) groups is 1. The molecule has 0 spiro atoms. The molecule has 1 aliphatic rings. The lowest BCUT2D eigenvalue weighted by Crippen LogP contribution is -2.41. The van der Waals surface area contributed by atoms with Gasteiger partial charge in [0.1, 0.15) is 12.9 Å². The van der Waals surface area contributed by atoms with Crippen LogP contribution < -0.4 is 4.74 Å². The first-order valence-electron chi connectivity index (χ1n) is 7.29. The van der Waals surface area contributed by atoms with E-state index in [1.807, 2.05) is 18.7 Å². The van der Waals surface area contributed by atoms with Crippen molar-refractivity contribution in [1.29, 1.82) is 0 Å². The van der Waals surface area contributed by atoms with Gasteiger partial charge >= 0.3 is 0 Å². The van der Waals surface area contributed by atoms with Gasteiger partial charge in [-0.15, -0.1) is 0 Å². The predicted molar refractivity (Wildman–Crippen MR) is 78.2 cm³/mol. The summed E-state index contributed by atoms with van der Waals surface area (Å²) in [6, 6.07) is 0. The fraction of sp³-hybridized carbons (Fsp3) is 0.667. The molecule has 0 atom stereocenters. The van der Waals surface area contributed by atoms with Crippen LogP contribution in [0.1, 0.15) is 24.1 Å². The number of rotatable bonds is 5. The second-order valence-corrected chi connectivity index (χ2v) is 5.46. The van der Waals surface area contributed by atoms with E-state index in [4.69, 9.17) is 9.47 Å². The van der Waals surface area contributed by atoms with Crippen molar-refractivity contribution in [2.75, 3.05) is 33.4 Å². The number of nitrogens with zero attached hydrogens (tertiary/aromatic N) is 3. The van der Waals surface area contributed by atoms with Gasteiger partial charge in [0.25, 0.3) is 0 Å². The first-order valence-corrected chi connectivity index (χ1v) is 7.29.